The van der Waals surface area contributed by atoms with Gasteiger partial charge in [0.1, 0.15) is 0 Å². The van der Waals surface area contributed by atoms with Crippen LogP contribution in [0.1, 0.15) is 19.3 Å². The molecule has 0 spiro atoms. The van der Waals surface area contributed by atoms with Crippen LogP contribution in [0.25, 0.3) is 0 Å². The monoisotopic (exact) mass is 305 g/mol. The molecule has 0 aliphatic rings. The molecule has 0 aliphatic carbocycles. The summed E-state index contributed by atoms with van der Waals surface area (Å²) in [5, 5.41) is 12.0. The van der Waals surface area contributed by atoms with Gasteiger partial charge in [-0.25, -0.2) is 0 Å². The summed E-state index contributed by atoms with van der Waals surface area (Å²) in [7, 11) is 0. The first-order valence-corrected chi connectivity index (χ1v) is 6.01. The van der Waals surface area contributed by atoms with Crippen molar-refractivity contribution in [3.05, 3.63) is 27.8 Å². The van der Waals surface area contributed by atoms with Gasteiger partial charge in [0, 0.05) is 22.4 Å². The van der Waals surface area contributed by atoms with Crippen molar-refractivity contribution < 1.29 is 5.11 Å². The van der Waals surface area contributed by atoms with Crippen molar-refractivity contribution >= 4 is 28.3 Å². The maximum atomic E-state index is 8.61. The van der Waals surface area contributed by atoms with Crippen molar-refractivity contribution in [2.45, 2.75) is 19.3 Å². The normalized spacial score (nSPS) is 10.1. The van der Waals surface area contributed by atoms with Crippen LogP contribution in [-0.2, 0) is 0 Å². The lowest BCUT2D eigenvalue weighted by atomic mass is 10.2. The SMILES string of the molecule is OCCCCCNc1ccccc1I. The molecule has 0 saturated heterocycles. The summed E-state index contributed by atoms with van der Waals surface area (Å²) < 4.78 is 1.26. The molecule has 0 fully saturated rings. The fourth-order valence-electron chi connectivity index (χ4n) is 1.24. The Balaban J connectivity index is 2.21. The van der Waals surface area contributed by atoms with Gasteiger partial charge in [-0.2, -0.15) is 0 Å². The van der Waals surface area contributed by atoms with Crippen LogP contribution in [0.15, 0.2) is 24.3 Å². The fraction of sp³-hybridized carbons (Fsp3) is 0.455. The summed E-state index contributed by atoms with van der Waals surface area (Å²) in [5.74, 6) is 0. The van der Waals surface area contributed by atoms with Crippen LogP contribution in [0.5, 0.6) is 0 Å². The van der Waals surface area contributed by atoms with Gasteiger partial charge in [-0.1, -0.05) is 12.1 Å². The van der Waals surface area contributed by atoms with Crippen molar-refractivity contribution in [3.8, 4) is 0 Å². The van der Waals surface area contributed by atoms with E-state index in [1.165, 1.54) is 9.26 Å². The number of hydrogen-bond donors (Lipinski definition) is 2. The Morgan fingerprint density at radius 2 is 1.93 bits per heavy atom. The van der Waals surface area contributed by atoms with Gasteiger partial charge in [0.25, 0.3) is 0 Å². The van der Waals surface area contributed by atoms with E-state index in [0.717, 1.165) is 25.8 Å². The van der Waals surface area contributed by atoms with Crippen LogP contribution < -0.4 is 5.32 Å². The molecule has 0 amide bonds. The Hall–Kier alpha value is -0.290. The van der Waals surface area contributed by atoms with Gasteiger partial charge in [-0.3, -0.25) is 0 Å². The van der Waals surface area contributed by atoms with Gasteiger partial charge >= 0.3 is 0 Å². The molecule has 2 nitrogen and oxygen atoms in total. The lowest BCUT2D eigenvalue weighted by molar-refractivity contribution is 0.283. The van der Waals surface area contributed by atoms with Crippen LogP contribution in [0.3, 0.4) is 0 Å². The fourth-order valence-corrected chi connectivity index (χ4v) is 1.82. The molecule has 3 heteroatoms. The van der Waals surface area contributed by atoms with Crippen LogP contribution in [0, 0.1) is 3.57 Å². The third kappa shape index (κ3) is 4.28. The number of nitrogens with one attached hydrogen (secondary N) is 1. The van der Waals surface area contributed by atoms with E-state index in [9.17, 15) is 0 Å². The van der Waals surface area contributed by atoms with E-state index < -0.39 is 0 Å². The van der Waals surface area contributed by atoms with Gasteiger partial charge in [-0.05, 0) is 54.0 Å². The molecule has 0 aliphatic heterocycles. The number of benzene rings is 1. The number of halogens is 1. The third-order valence-corrected chi connectivity index (χ3v) is 2.96. The highest BCUT2D eigenvalue weighted by atomic mass is 127. The van der Waals surface area contributed by atoms with Gasteiger partial charge < -0.3 is 10.4 Å². The van der Waals surface area contributed by atoms with Crippen molar-refractivity contribution in [1.82, 2.24) is 0 Å². The summed E-state index contributed by atoms with van der Waals surface area (Å²) in [6.45, 7) is 1.29. The number of rotatable bonds is 6. The van der Waals surface area contributed by atoms with Gasteiger partial charge in [0.15, 0.2) is 0 Å². The zero-order valence-electron chi connectivity index (χ0n) is 8.17. The first-order chi connectivity index (χ1) is 6.84. The van der Waals surface area contributed by atoms with E-state index in [1.807, 2.05) is 12.1 Å². The average Bonchev–Trinajstić information content (AvgIpc) is 2.20. The summed E-state index contributed by atoms with van der Waals surface area (Å²) >= 11 is 2.33. The van der Waals surface area contributed by atoms with Crippen LogP contribution >= 0.6 is 22.6 Å². The molecule has 1 aromatic carbocycles. The molecule has 14 heavy (non-hydrogen) atoms. The number of aliphatic hydroxyl groups excluding tert-OH is 1. The first-order valence-electron chi connectivity index (χ1n) is 4.94. The molecule has 1 rings (SSSR count). The quantitative estimate of drug-likeness (QED) is 0.626. The number of aliphatic hydroxyl groups is 1. The van der Waals surface area contributed by atoms with E-state index in [1.54, 1.807) is 0 Å². The molecule has 0 bridgehead atoms. The minimum Gasteiger partial charge on any atom is -0.396 e. The molecule has 0 atom stereocenters. The lowest BCUT2D eigenvalue weighted by Crippen LogP contribution is -2.02. The molecule has 78 valence electrons. The molecule has 0 unspecified atom stereocenters. The van der Waals surface area contributed by atoms with Gasteiger partial charge in [-0.15, -0.1) is 0 Å². The predicted molar refractivity (Wildman–Crippen MR) is 68.6 cm³/mol. The predicted octanol–water partition coefficient (Wildman–Crippen LogP) is 2.87. The zero-order chi connectivity index (χ0) is 10.2. The Kier molecular flexibility index (Phi) is 5.94. The summed E-state index contributed by atoms with van der Waals surface area (Å²) in [4.78, 5) is 0. The smallest absolute Gasteiger partial charge is 0.0475 e. The Bertz CT molecular complexity index is 265. The van der Waals surface area contributed by atoms with Gasteiger partial charge in [0.05, 0.1) is 0 Å². The number of unbranched alkanes of at least 4 members (excludes halogenated alkanes) is 2. The number of anilines is 1. The Morgan fingerprint density at radius 3 is 2.64 bits per heavy atom. The molecule has 2 N–H and O–H groups in total. The Labute approximate surface area is 98.9 Å². The van der Waals surface area contributed by atoms with Crippen molar-refractivity contribution in [3.63, 3.8) is 0 Å². The maximum absolute atomic E-state index is 8.61. The van der Waals surface area contributed by atoms with E-state index >= 15 is 0 Å². The highest BCUT2D eigenvalue weighted by Crippen LogP contribution is 2.16. The standard InChI is InChI=1S/C11H16INO/c12-10-6-2-3-7-11(10)13-8-4-1-5-9-14/h2-3,6-7,13-14H,1,4-5,8-9H2. The molecule has 0 saturated carbocycles. The molecular formula is C11H16INO. The minimum absolute atomic E-state index is 0.308. The number of hydrogen-bond acceptors (Lipinski definition) is 2. The van der Waals surface area contributed by atoms with Gasteiger partial charge in [0.2, 0.25) is 0 Å². The molecule has 1 aromatic rings. The average molecular weight is 305 g/mol. The molecule has 0 heterocycles. The summed E-state index contributed by atoms with van der Waals surface area (Å²) in [6.07, 6.45) is 3.12. The second-order valence-electron chi connectivity index (χ2n) is 3.19. The van der Waals surface area contributed by atoms with E-state index in [0.29, 0.717) is 6.61 Å². The third-order valence-electron chi connectivity index (χ3n) is 2.02. The Morgan fingerprint density at radius 1 is 1.14 bits per heavy atom. The van der Waals surface area contributed by atoms with E-state index in [-0.39, 0.29) is 0 Å². The first kappa shape index (κ1) is 11.8. The second-order valence-corrected chi connectivity index (χ2v) is 4.35. The topological polar surface area (TPSA) is 32.3 Å². The highest BCUT2D eigenvalue weighted by molar-refractivity contribution is 14.1. The van der Waals surface area contributed by atoms with Crippen LogP contribution in [-0.4, -0.2) is 18.3 Å². The largest absolute Gasteiger partial charge is 0.396 e. The highest BCUT2D eigenvalue weighted by Gasteiger charge is 1.95. The van der Waals surface area contributed by atoms with Crippen molar-refractivity contribution in [2.24, 2.45) is 0 Å². The van der Waals surface area contributed by atoms with Crippen molar-refractivity contribution in [1.29, 1.82) is 0 Å². The minimum atomic E-state index is 0.308. The van der Waals surface area contributed by atoms with Crippen LogP contribution in [0.2, 0.25) is 0 Å². The number of para-hydroxylation sites is 1. The molecule has 0 aromatic heterocycles. The summed E-state index contributed by atoms with van der Waals surface area (Å²) in [5.41, 5.74) is 1.21. The van der Waals surface area contributed by atoms with Crippen LogP contribution in [0.4, 0.5) is 5.69 Å². The second kappa shape index (κ2) is 7.06. The lowest BCUT2D eigenvalue weighted by Gasteiger charge is -2.07. The summed E-state index contributed by atoms with van der Waals surface area (Å²) in [6, 6.07) is 8.27. The maximum Gasteiger partial charge on any atom is 0.0475 e. The zero-order valence-corrected chi connectivity index (χ0v) is 10.3. The van der Waals surface area contributed by atoms with E-state index in [2.05, 4.69) is 40.0 Å². The van der Waals surface area contributed by atoms with E-state index in [4.69, 9.17) is 5.11 Å². The van der Waals surface area contributed by atoms with Crippen molar-refractivity contribution in [2.75, 3.05) is 18.5 Å². The molecule has 0 radical (unpaired) electrons. The molecular weight excluding hydrogens is 289 g/mol.